The van der Waals surface area contributed by atoms with Crippen LogP contribution in [0.25, 0.3) is 0 Å². The lowest BCUT2D eigenvalue weighted by molar-refractivity contribution is 0.0599. The van der Waals surface area contributed by atoms with Gasteiger partial charge in [0.2, 0.25) is 0 Å². The number of aryl methyl sites for hydroxylation is 1. The summed E-state index contributed by atoms with van der Waals surface area (Å²) in [4.78, 5) is 11.4. The van der Waals surface area contributed by atoms with E-state index in [2.05, 4.69) is 26.1 Å². The van der Waals surface area contributed by atoms with Crippen LogP contribution in [0.3, 0.4) is 0 Å². The van der Waals surface area contributed by atoms with Gasteiger partial charge in [-0.1, -0.05) is 13.3 Å². The van der Waals surface area contributed by atoms with Crippen molar-refractivity contribution in [1.82, 2.24) is 5.32 Å². The fourth-order valence-corrected chi connectivity index (χ4v) is 1.98. The molecule has 0 atom stereocenters. The predicted molar refractivity (Wildman–Crippen MR) is 70.6 cm³/mol. The molecule has 0 aliphatic carbocycles. The van der Waals surface area contributed by atoms with Gasteiger partial charge in [0.25, 0.3) is 0 Å². The topological polar surface area (TPSA) is 51.5 Å². The Labute approximate surface area is 109 Å². The summed E-state index contributed by atoms with van der Waals surface area (Å²) >= 11 is 0. The highest BCUT2D eigenvalue weighted by atomic mass is 16.5. The number of rotatable bonds is 6. The van der Waals surface area contributed by atoms with Crippen LogP contribution < -0.4 is 5.32 Å². The summed E-state index contributed by atoms with van der Waals surface area (Å²) < 4.78 is 10.2. The molecule has 1 rings (SSSR count). The molecule has 102 valence electrons. The molecule has 0 fully saturated rings. The molecule has 1 N–H and O–H groups in total. The van der Waals surface area contributed by atoms with Crippen molar-refractivity contribution in [3.63, 3.8) is 0 Å². The minimum atomic E-state index is -0.352. The van der Waals surface area contributed by atoms with Crippen molar-refractivity contribution in [1.29, 1.82) is 0 Å². The third kappa shape index (κ3) is 3.88. The van der Waals surface area contributed by atoms with Crippen molar-refractivity contribution in [2.75, 3.05) is 7.11 Å². The molecule has 0 spiro atoms. The predicted octanol–water partition coefficient (Wildman–Crippen LogP) is 3.04. The second-order valence-electron chi connectivity index (χ2n) is 5.16. The number of esters is 1. The molecule has 1 aromatic rings. The quantitative estimate of drug-likeness (QED) is 0.792. The second-order valence-corrected chi connectivity index (χ2v) is 5.16. The molecule has 0 aliphatic rings. The van der Waals surface area contributed by atoms with Gasteiger partial charge in [-0.25, -0.2) is 4.79 Å². The number of ether oxygens (including phenoxy) is 1. The Hall–Kier alpha value is -1.29. The molecule has 0 saturated carbocycles. The molecule has 0 bridgehead atoms. The minimum absolute atomic E-state index is 0.0703. The van der Waals surface area contributed by atoms with Crippen LogP contribution in [0.4, 0.5) is 0 Å². The zero-order chi connectivity index (χ0) is 13.8. The van der Waals surface area contributed by atoms with Gasteiger partial charge in [-0.3, -0.25) is 0 Å². The lowest BCUT2D eigenvalue weighted by atomic mass is 9.99. The third-order valence-corrected chi connectivity index (χ3v) is 2.99. The average molecular weight is 253 g/mol. The first-order chi connectivity index (χ1) is 8.39. The van der Waals surface area contributed by atoms with E-state index in [-0.39, 0.29) is 11.5 Å². The van der Waals surface area contributed by atoms with E-state index in [9.17, 15) is 4.79 Å². The van der Waals surface area contributed by atoms with Crippen LogP contribution in [0.15, 0.2) is 10.5 Å². The number of methoxy groups -OCH3 is 1. The van der Waals surface area contributed by atoms with Crippen molar-refractivity contribution in [2.24, 2.45) is 0 Å². The maximum Gasteiger partial charge on any atom is 0.341 e. The molecule has 4 nitrogen and oxygen atoms in total. The molecule has 0 radical (unpaired) electrons. The summed E-state index contributed by atoms with van der Waals surface area (Å²) in [5.74, 6) is 1.01. The smallest absolute Gasteiger partial charge is 0.341 e. The van der Waals surface area contributed by atoms with Crippen LogP contribution in [0.5, 0.6) is 0 Å². The molecule has 0 saturated heterocycles. The van der Waals surface area contributed by atoms with Crippen LogP contribution in [-0.2, 0) is 11.3 Å². The Morgan fingerprint density at radius 3 is 2.72 bits per heavy atom. The first kappa shape index (κ1) is 14.8. The van der Waals surface area contributed by atoms with Gasteiger partial charge in [0.1, 0.15) is 17.1 Å². The van der Waals surface area contributed by atoms with E-state index >= 15 is 0 Å². The molecule has 0 aromatic carbocycles. The van der Waals surface area contributed by atoms with Crippen LogP contribution in [0, 0.1) is 6.92 Å². The molecule has 18 heavy (non-hydrogen) atoms. The number of carbonyl (C=O) groups is 1. The van der Waals surface area contributed by atoms with Crippen molar-refractivity contribution < 1.29 is 13.9 Å². The zero-order valence-electron chi connectivity index (χ0n) is 11.9. The van der Waals surface area contributed by atoms with E-state index in [0.717, 1.165) is 18.6 Å². The van der Waals surface area contributed by atoms with Crippen molar-refractivity contribution in [3.05, 3.63) is 23.2 Å². The monoisotopic (exact) mass is 253 g/mol. The first-order valence-electron chi connectivity index (χ1n) is 6.32. The number of hydrogen-bond donors (Lipinski definition) is 1. The third-order valence-electron chi connectivity index (χ3n) is 2.99. The molecular formula is C14H23NO3. The Bertz CT molecular complexity index is 407. The Morgan fingerprint density at radius 1 is 1.50 bits per heavy atom. The van der Waals surface area contributed by atoms with Crippen molar-refractivity contribution >= 4 is 5.97 Å². The van der Waals surface area contributed by atoms with Gasteiger partial charge in [-0.05, 0) is 33.3 Å². The summed E-state index contributed by atoms with van der Waals surface area (Å²) in [5.41, 5.74) is 0.573. The molecule has 4 heteroatoms. The number of carbonyl (C=O) groups excluding carboxylic acids is 1. The fraction of sp³-hybridized carbons (Fsp3) is 0.643. The van der Waals surface area contributed by atoms with E-state index in [4.69, 9.17) is 9.15 Å². The minimum Gasteiger partial charge on any atom is -0.465 e. The summed E-state index contributed by atoms with van der Waals surface area (Å²) in [6.45, 7) is 8.87. The Balaban J connectivity index is 2.67. The SMILES string of the molecule is CCCC(C)(C)NCc1cc(C(=O)OC)c(C)o1. The second kappa shape index (κ2) is 6.05. The van der Waals surface area contributed by atoms with Gasteiger partial charge in [-0.15, -0.1) is 0 Å². The van der Waals surface area contributed by atoms with Crippen molar-refractivity contribution in [3.8, 4) is 0 Å². The fourth-order valence-electron chi connectivity index (χ4n) is 1.98. The normalized spacial score (nSPS) is 11.6. The van der Waals surface area contributed by atoms with E-state index < -0.39 is 0 Å². The molecule has 1 aromatic heterocycles. The molecule has 0 unspecified atom stereocenters. The highest BCUT2D eigenvalue weighted by molar-refractivity contribution is 5.90. The highest BCUT2D eigenvalue weighted by Gasteiger charge is 2.19. The van der Waals surface area contributed by atoms with Gasteiger partial charge in [0, 0.05) is 5.54 Å². The van der Waals surface area contributed by atoms with Crippen LogP contribution >= 0.6 is 0 Å². The van der Waals surface area contributed by atoms with Gasteiger partial charge in [0.15, 0.2) is 0 Å². The lowest BCUT2D eigenvalue weighted by Gasteiger charge is -2.25. The summed E-state index contributed by atoms with van der Waals surface area (Å²) in [6.07, 6.45) is 2.22. The highest BCUT2D eigenvalue weighted by Crippen LogP contribution is 2.17. The maximum atomic E-state index is 11.4. The van der Waals surface area contributed by atoms with Gasteiger partial charge in [-0.2, -0.15) is 0 Å². The van der Waals surface area contributed by atoms with E-state index in [1.54, 1.807) is 13.0 Å². The van der Waals surface area contributed by atoms with Gasteiger partial charge in [0.05, 0.1) is 13.7 Å². The van der Waals surface area contributed by atoms with Crippen LogP contribution in [-0.4, -0.2) is 18.6 Å². The van der Waals surface area contributed by atoms with E-state index in [1.165, 1.54) is 7.11 Å². The van der Waals surface area contributed by atoms with Crippen LogP contribution in [0.1, 0.15) is 55.5 Å². The molecule has 0 amide bonds. The number of nitrogens with one attached hydrogen (secondary N) is 1. The maximum absolute atomic E-state index is 11.4. The molecule has 1 heterocycles. The number of furan rings is 1. The standard InChI is InChI=1S/C14H23NO3/c1-6-7-14(3,4)15-9-11-8-12(10(2)18-11)13(16)17-5/h8,15H,6-7,9H2,1-5H3. The largest absolute Gasteiger partial charge is 0.465 e. The Kier molecular flexibility index (Phi) is 4.96. The molecule has 0 aliphatic heterocycles. The van der Waals surface area contributed by atoms with Gasteiger partial charge < -0.3 is 14.5 Å². The Morgan fingerprint density at radius 2 is 2.17 bits per heavy atom. The van der Waals surface area contributed by atoms with Crippen LogP contribution in [0.2, 0.25) is 0 Å². The summed E-state index contributed by atoms with van der Waals surface area (Å²) in [7, 11) is 1.37. The average Bonchev–Trinajstić information content (AvgIpc) is 2.67. The number of hydrogen-bond acceptors (Lipinski definition) is 4. The zero-order valence-corrected chi connectivity index (χ0v) is 11.9. The summed E-state index contributed by atoms with van der Waals surface area (Å²) in [5, 5.41) is 3.43. The van der Waals surface area contributed by atoms with E-state index in [1.807, 2.05) is 0 Å². The first-order valence-corrected chi connectivity index (χ1v) is 6.32. The summed E-state index contributed by atoms with van der Waals surface area (Å²) in [6, 6.07) is 1.75. The van der Waals surface area contributed by atoms with Gasteiger partial charge >= 0.3 is 5.97 Å². The lowest BCUT2D eigenvalue weighted by Crippen LogP contribution is -2.38. The van der Waals surface area contributed by atoms with Crippen molar-refractivity contribution in [2.45, 2.75) is 52.6 Å². The van der Waals surface area contributed by atoms with E-state index in [0.29, 0.717) is 17.9 Å². The molecular weight excluding hydrogens is 230 g/mol.